The summed E-state index contributed by atoms with van der Waals surface area (Å²) < 4.78 is 20.6. The van der Waals surface area contributed by atoms with E-state index in [1.165, 1.54) is 6.07 Å². The van der Waals surface area contributed by atoms with Crippen molar-refractivity contribution in [1.82, 2.24) is 5.32 Å². The lowest BCUT2D eigenvalue weighted by atomic mass is 9.99. The van der Waals surface area contributed by atoms with Gasteiger partial charge in [-0.1, -0.05) is 12.1 Å². The summed E-state index contributed by atoms with van der Waals surface area (Å²) in [7, 11) is 1.90. The molecule has 2 aromatic rings. The van der Waals surface area contributed by atoms with Gasteiger partial charge in [0, 0.05) is 3.57 Å². The molecule has 5 heteroatoms. The van der Waals surface area contributed by atoms with Gasteiger partial charge in [0.1, 0.15) is 11.6 Å². The van der Waals surface area contributed by atoms with E-state index in [0.717, 1.165) is 24.9 Å². The molecule has 2 rings (SSSR count). The molecule has 0 aromatic heterocycles. The highest BCUT2D eigenvalue weighted by Crippen LogP contribution is 2.32. The van der Waals surface area contributed by atoms with Gasteiger partial charge in [0.25, 0.3) is 0 Å². The Morgan fingerprint density at radius 3 is 2.62 bits per heavy atom. The van der Waals surface area contributed by atoms with Crippen LogP contribution in [0.2, 0.25) is 0 Å². The van der Waals surface area contributed by atoms with Crippen molar-refractivity contribution in [2.24, 2.45) is 0 Å². The van der Waals surface area contributed by atoms with E-state index >= 15 is 0 Å². The average Bonchev–Trinajstić information content (AvgIpc) is 2.45. The number of rotatable bonds is 5. The van der Waals surface area contributed by atoms with E-state index in [1.54, 1.807) is 6.07 Å². The van der Waals surface area contributed by atoms with Crippen molar-refractivity contribution in [3.8, 4) is 5.75 Å². The van der Waals surface area contributed by atoms with E-state index in [-0.39, 0.29) is 11.9 Å². The molecule has 0 heterocycles. The fourth-order valence-corrected chi connectivity index (χ4v) is 3.51. The van der Waals surface area contributed by atoms with E-state index in [1.807, 2.05) is 38.2 Å². The normalized spacial score (nSPS) is 12.2. The van der Waals surface area contributed by atoms with Crippen LogP contribution in [0.5, 0.6) is 5.75 Å². The predicted octanol–water partition coefficient (Wildman–Crippen LogP) is 4.90. The smallest absolute Gasteiger partial charge is 0.133 e. The molecule has 21 heavy (non-hydrogen) atoms. The van der Waals surface area contributed by atoms with Gasteiger partial charge < -0.3 is 10.1 Å². The van der Waals surface area contributed by atoms with Gasteiger partial charge in [-0.25, -0.2) is 4.39 Å². The minimum absolute atomic E-state index is 0.00414. The zero-order chi connectivity index (χ0) is 15.4. The third-order valence-electron chi connectivity index (χ3n) is 3.15. The third kappa shape index (κ3) is 3.96. The number of nitrogens with one attached hydrogen (secondary N) is 1. The quantitative estimate of drug-likeness (QED) is 0.636. The van der Waals surface area contributed by atoms with Gasteiger partial charge in [-0.3, -0.25) is 0 Å². The summed E-state index contributed by atoms with van der Waals surface area (Å²) in [4.78, 5) is 0. The Morgan fingerprint density at radius 1 is 1.29 bits per heavy atom. The summed E-state index contributed by atoms with van der Waals surface area (Å²) in [6.07, 6.45) is 0. The van der Waals surface area contributed by atoms with Crippen LogP contribution in [0.4, 0.5) is 4.39 Å². The van der Waals surface area contributed by atoms with Gasteiger partial charge in [-0.2, -0.15) is 0 Å². The van der Waals surface area contributed by atoms with Crippen LogP contribution in [0.15, 0.2) is 40.9 Å². The van der Waals surface area contributed by atoms with Crippen molar-refractivity contribution in [3.05, 3.63) is 61.4 Å². The van der Waals surface area contributed by atoms with E-state index in [4.69, 9.17) is 4.74 Å². The summed E-state index contributed by atoms with van der Waals surface area (Å²) in [6.45, 7) is 2.58. The second-order valence-corrected chi connectivity index (χ2v) is 6.53. The monoisotopic (exact) mass is 463 g/mol. The molecule has 112 valence electrons. The van der Waals surface area contributed by atoms with E-state index in [9.17, 15) is 4.39 Å². The van der Waals surface area contributed by atoms with Crippen molar-refractivity contribution in [2.45, 2.75) is 13.0 Å². The van der Waals surface area contributed by atoms with Crippen LogP contribution in [0.1, 0.15) is 24.1 Å². The Labute approximate surface area is 146 Å². The first-order chi connectivity index (χ1) is 10.1. The van der Waals surface area contributed by atoms with Crippen molar-refractivity contribution in [1.29, 1.82) is 0 Å². The Kier molecular flexibility index (Phi) is 6.01. The van der Waals surface area contributed by atoms with Crippen LogP contribution in [0.25, 0.3) is 0 Å². The number of ether oxygens (including phenoxy) is 1. The van der Waals surface area contributed by atoms with Gasteiger partial charge in [0.2, 0.25) is 0 Å². The Hall–Kier alpha value is -0.660. The highest BCUT2D eigenvalue weighted by Gasteiger charge is 2.16. The lowest BCUT2D eigenvalue weighted by Gasteiger charge is -2.20. The summed E-state index contributed by atoms with van der Waals surface area (Å²) in [5.74, 6) is 0.607. The maximum Gasteiger partial charge on any atom is 0.133 e. The Bertz CT molecular complexity index is 636. The highest BCUT2D eigenvalue weighted by atomic mass is 127. The van der Waals surface area contributed by atoms with Crippen molar-refractivity contribution >= 4 is 38.5 Å². The first-order valence-electron chi connectivity index (χ1n) is 6.61. The van der Waals surface area contributed by atoms with E-state index in [2.05, 4.69) is 43.8 Å². The fraction of sp³-hybridized carbons (Fsp3) is 0.250. The van der Waals surface area contributed by atoms with Crippen LogP contribution in [0, 0.1) is 9.39 Å². The third-order valence-corrected chi connectivity index (χ3v) is 4.71. The minimum atomic E-state index is -0.217. The molecule has 0 spiro atoms. The van der Waals surface area contributed by atoms with E-state index in [0.29, 0.717) is 6.61 Å². The number of hydrogen-bond donors (Lipinski definition) is 1. The highest BCUT2D eigenvalue weighted by molar-refractivity contribution is 14.1. The summed E-state index contributed by atoms with van der Waals surface area (Å²) >= 11 is 5.70. The van der Waals surface area contributed by atoms with Crippen LogP contribution in [0.3, 0.4) is 0 Å². The van der Waals surface area contributed by atoms with Crippen molar-refractivity contribution < 1.29 is 9.13 Å². The van der Waals surface area contributed by atoms with Gasteiger partial charge in [-0.15, -0.1) is 0 Å². The molecular formula is C16H16BrFINO. The van der Waals surface area contributed by atoms with E-state index < -0.39 is 0 Å². The molecule has 0 aliphatic rings. The van der Waals surface area contributed by atoms with Gasteiger partial charge >= 0.3 is 0 Å². The summed E-state index contributed by atoms with van der Waals surface area (Å²) in [5.41, 5.74) is 2.15. The molecule has 0 fully saturated rings. The molecule has 1 atom stereocenters. The number of hydrogen-bond acceptors (Lipinski definition) is 2. The van der Waals surface area contributed by atoms with Crippen LogP contribution in [-0.4, -0.2) is 13.7 Å². The summed E-state index contributed by atoms with van der Waals surface area (Å²) in [5, 5.41) is 3.28. The second kappa shape index (κ2) is 7.56. The molecule has 1 unspecified atom stereocenters. The molecule has 0 radical (unpaired) electrons. The van der Waals surface area contributed by atoms with Gasteiger partial charge in [-0.05, 0) is 87.9 Å². The standard InChI is InChI=1S/C16H16BrFINO/c1-3-21-15-7-4-10(8-13(15)17)16(20-2)12-6-5-11(18)9-14(12)19/h4-9,16,20H,3H2,1-2H3. The first kappa shape index (κ1) is 16.7. The molecule has 0 aliphatic heterocycles. The van der Waals surface area contributed by atoms with Crippen LogP contribution < -0.4 is 10.1 Å². The largest absolute Gasteiger partial charge is 0.493 e. The number of benzene rings is 2. The Balaban J connectivity index is 2.39. The molecule has 2 aromatic carbocycles. The zero-order valence-electron chi connectivity index (χ0n) is 11.8. The molecule has 1 N–H and O–H groups in total. The molecule has 0 aliphatic carbocycles. The molecule has 0 saturated heterocycles. The first-order valence-corrected chi connectivity index (χ1v) is 8.48. The van der Waals surface area contributed by atoms with Gasteiger partial charge in [0.15, 0.2) is 0 Å². The predicted molar refractivity (Wildman–Crippen MR) is 95.3 cm³/mol. The lowest BCUT2D eigenvalue weighted by molar-refractivity contribution is 0.338. The SMILES string of the molecule is CCOc1ccc(C(NC)c2ccc(F)cc2I)cc1Br. The fourth-order valence-electron chi connectivity index (χ4n) is 2.21. The van der Waals surface area contributed by atoms with Crippen LogP contribution in [-0.2, 0) is 0 Å². The number of halogens is 3. The second-order valence-electron chi connectivity index (χ2n) is 4.51. The average molecular weight is 464 g/mol. The zero-order valence-corrected chi connectivity index (χ0v) is 15.5. The van der Waals surface area contributed by atoms with Crippen LogP contribution >= 0.6 is 38.5 Å². The molecule has 0 saturated carbocycles. The Morgan fingerprint density at radius 2 is 2.05 bits per heavy atom. The topological polar surface area (TPSA) is 21.3 Å². The minimum Gasteiger partial charge on any atom is -0.493 e. The van der Waals surface area contributed by atoms with Crippen molar-refractivity contribution in [2.75, 3.05) is 13.7 Å². The van der Waals surface area contributed by atoms with Crippen molar-refractivity contribution in [3.63, 3.8) is 0 Å². The summed E-state index contributed by atoms with van der Waals surface area (Å²) in [6, 6.07) is 10.9. The maximum absolute atomic E-state index is 13.3. The molecule has 0 bridgehead atoms. The molecule has 2 nitrogen and oxygen atoms in total. The lowest BCUT2D eigenvalue weighted by Crippen LogP contribution is -2.19. The molecular weight excluding hydrogens is 448 g/mol. The van der Waals surface area contributed by atoms with Gasteiger partial charge in [0.05, 0.1) is 17.1 Å². The maximum atomic E-state index is 13.3. The molecule has 0 amide bonds.